The summed E-state index contributed by atoms with van der Waals surface area (Å²) >= 11 is 0. The van der Waals surface area contributed by atoms with Crippen LogP contribution in [0.1, 0.15) is 0 Å². The molecule has 1 fully saturated rings. The predicted octanol–water partition coefficient (Wildman–Crippen LogP) is 4.44. The molecule has 0 aromatic heterocycles. The fourth-order valence-electron chi connectivity index (χ4n) is 2.73. The molecule has 1 aliphatic rings. The summed E-state index contributed by atoms with van der Waals surface area (Å²) in [6.07, 6.45) is 0. The average molecular weight is 401 g/mol. The lowest BCUT2D eigenvalue weighted by atomic mass is 10.00. The van der Waals surface area contributed by atoms with Crippen molar-refractivity contribution in [1.29, 1.82) is 0 Å². The highest BCUT2D eigenvalue weighted by Crippen LogP contribution is 2.40. The van der Waals surface area contributed by atoms with E-state index in [1.54, 1.807) is 0 Å². The second-order valence-electron chi connectivity index (χ2n) is 5.52. The lowest BCUT2D eigenvalue weighted by Gasteiger charge is -2.30. The molecule has 27 heavy (non-hydrogen) atoms. The van der Waals surface area contributed by atoms with Crippen molar-refractivity contribution in [3.8, 4) is 11.1 Å². The van der Waals surface area contributed by atoms with Gasteiger partial charge < -0.3 is 9.64 Å². The molecule has 1 aliphatic heterocycles. The molecule has 2 nitrogen and oxygen atoms in total. The Labute approximate surface area is 145 Å². The number of halogens is 9. The Bertz CT molecular complexity index is 867. The average Bonchev–Trinajstić information content (AvgIpc) is 2.67. The van der Waals surface area contributed by atoms with Gasteiger partial charge in [-0.15, -0.1) is 0 Å². The van der Waals surface area contributed by atoms with E-state index < -0.39 is 69.2 Å². The summed E-state index contributed by atoms with van der Waals surface area (Å²) in [5, 5.41) is 0. The van der Waals surface area contributed by atoms with Crippen LogP contribution < -0.4 is 4.90 Å². The molecule has 11 heteroatoms. The first-order chi connectivity index (χ1) is 12.7. The maximum absolute atomic E-state index is 14.4. The summed E-state index contributed by atoms with van der Waals surface area (Å²) in [4.78, 5) is 0.892. The van der Waals surface area contributed by atoms with Crippen LogP contribution in [-0.4, -0.2) is 26.3 Å². The first kappa shape index (κ1) is 19.3. The third-order valence-electron chi connectivity index (χ3n) is 4.03. The van der Waals surface area contributed by atoms with E-state index in [1.807, 2.05) is 0 Å². The Kier molecular flexibility index (Phi) is 4.98. The molecule has 2 aromatic carbocycles. The van der Waals surface area contributed by atoms with Gasteiger partial charge in [0.25, 0.3) is 0 Å². The van der Waals surface area contributed by atoms with Crippen LogP contribution in [0.3, 0.4) is 0 Å². The number of rotatable bonds is 2. The topological polar surface area (TPSA) is 12.5 Å². The van der Waals surface area contributed by atoms with Gasteiger partial charge in [0, 0.05) is 13.1 Å². The SMILES string of the molecule is Fc1c(F)c(F)c(-c2c(F)c(F)c(N3CCOCC3)c(F)c2F)c(F)c1F. The van der Waals surface area contributed by atoms with Gasteiger partial charge in [-0.05, 0) is 0 Å². The molecule has 0 radical (unpaired) electrons. The van der Waals surface area contributed by atoms with Gasteiger partial charge in [0.15, 0.2) is 46.5 Å². The van der Waals surface area contributed by atoms with Crippen molar-refractivity contribution in [1.82, 2.24) is 0 Å². The zero-order valence-electron chi connectivity index (χ0n) is 13.1. The van der Waals surface area contributed by atoms with Gasteiger partial charge >= 0.3 is 0 Å². The Hall–Kier alpha value is -2.43. The van der Waals surface area contributed by atoms with Crippen molar-refractivity contribution >= 4 is 5.69 Å². The van der Waals surface area contributed by atoms with Crippen LogP contribution in [0.4, 0.5) is 45.2 Å². The van der Waals surface area contributed by atoms with E-state index in [-0.39, 0.29) is 26.3 Å². The molecule has 0 aliphatic carbocycles. The predicted molar refractivity (Wildman–Crippen MR) is 74.5 cm³/mol. The van der Waals surface area contributed by atoms with E-state index in [2.05, 4.69) is 0 Å². The number of nitrogens with zero attached hydrogens (tertiary/aromatic N) is 1. The standard InChI is InChI=1S/C16H8F9NO/c17-7-5(8(18)12(22)13(23)11(7)21)6-9(19)14(24)16(15(25)10(6)20)26-1-3-27-4-2-26/h1-4H2. The van der Waals surface area contributed by atoms with E-state index in [9.17, 15) is 39.5 Å². The molecule has 0 bridgehead atoms. The Balaban J connectivity index is 2.31. The van der Waals surface area contributed by atoms with Gasteiger partial charge in [-0.1, -0.05) is 0 Å². The molecular formula is C16H8F9NO. The minimum absolute atomic E-state index is 0.0124. The zero-order valence-corrected chi connectivity index (χ0v) is 13.1. The molecule has 1 heterocycles. The van der Waals surface area contributed by atoms with Gasteiger partial charge in [-0.3, -0.25) is 0 Å². The van der Waals surface area contributed by atoms with Crippen LogP contribution in [0.5, 0.6) is 0 Å². The van der Waals surface area contributed by atoms with Gasteiger partial charge in [0.1, 0.15) is 5.69 Å². The van der Waals surface area contributed by atoms with E-state index >= 15 is 0 Å². The lowest BCUT2D eigenvalue weighted by Crippen LogP contribution is -2.37. The van der Waals surface area contributed by atoms with Crippen molar-refractivity contribution in [2.45, 2.75) is 0 Å². The molecule has 0 atom stereocenters. The highest BCUT2D eigenvalue weighted by atomic mass is 19.2. The van der Waals surface area contributed by atoms with Crippen molar-refractivity contribution in [2.75, 3.05) is 31.2 Å². The second kappa shape index (κ2) is 6.95. The van der Waals surface area contributed by atoms with Crippen LogP contribution >= 0.6 is 0 Å². The number of ether oxygens (including phenoxy) is 1. The first-order valence-corrected chi connectivity index (χ1v) is 7.38. The summed E-state index contributed by atoms with van der Waals surface area (Å²) in [6.45, 7) is -0.313. The molecule has 2 aromatic rings. The molecule has 0 amide bonds. The maximum atomic E-state index is 14.4. The Morgan fingerprint density at radius 3 is 1.22 bits per heavy atom. The third-order valence-corrected chi connectivity index (χ3v) is 4.03. The summed E-state index contributed by atoms with van der Waals surface area (Å²) in [5.41, 5.74) is -5.30. The minimum atomic E-state index is -2.60. The molecule has 0 saturated carbocycles. The molecule has 146 valence electrons. The number of hydrogen-bond acceptors (Lipinski definition) is 2. The van der Waals surface area contributed by atoms with Gasteiger partial charge in [0.05, 0.1) is 24.3 Å². The summed E-state index contributed by atoms with van der Waals surface area (Å²) < 4.78 is 130. The summed E-state index contributed by atoms with van der Waals surface area (Å²) in [5.74, 6) is -21.5. The molecule has 0 spiro atoms. The van der Waals surface area contributed by atoms with E-state index in [4.69, 9.17) is 4.74 Å². The third kappa shape index (κ3) is 2.89. The quantitative estimate of drug-likeness (QED) is 0.419. The van der Waals surface area contributed by atoms with Crippen molar-refractivity contribution in [3.63, 3.8) is 0 Å². The monoisotopic (exact) mass is 401 g/mol. The highest BCUT2D eigenvalue weighted by molar-refractivity contribution is 5.70. The lowest BCUT2D eigenvalue weighted by molar-refractivity contribution is 0.122. The Morgan fingerprint density at radius 1 is 0.481 bits per heavy atom. The maximum Gasteiger partial charge on any atom is 0.200 e. The summed E-state index contributed by atoms with van der Waals surface area (Å²) in [7, 11) is 0. The fourth-order valence-corrected chi connectivity index (χ4v) is 2.73. The molecular weight excluding hydrogens is 393 g/mol. The number of anilines is 1. The second-order valence-corrected chi connectivity index (χ2v) is 5.52. The summed E-state index contributed by atoms with van der Waals surface area (Å²) in [6, 6.07) is 0. The van der Waals surface area contributed by atoms with Crippen molar-refractivity contribution in [2.24, 2.45) is 0 Å². The molecule has 0 N–H and O–H groups in total. The van der Waals surface area contributed by atoms with Crippen LogP contribution in [-0.2, 0) is 4.74 Å². The smallest absolute Gasteiger partial charge is 0.200 e. The Morgan fingerprint density at radius 2 is 0.815 bits per heavy atom. The van der Waals surface area contributed by atoms with Crippen LogP contribution in [0.2, 0.25) is 0 Å². The first-order valence-electron chi connectivity index (χ1n) is 7.38. The molecule has 1 saturated heterocycles. The number of benzene rings is 2. The normalized spacial score (nSPS) is 14.8. The van der Waals surface area contributed by atoms with Gasteiger partial charge in [0.2, 0.25) is 5.82 Å². The highest BCUT2D eigenvalue weighted by Gasteiger charge is 2.35. The van der Waals surface area contributed by atoms with Gasteiger partial charge in [-0.2, -0.15) is 0 Å². The molecule has 0 unspecified atom stereocenters. The number of morpholine rings is 1. The van der Waals surface area contributed by atoms with Crippen LogP contribution in [0, 0.1) is 52.4 Å². The number of hydrogen-bond donors (Lipinski definition) is 0. The van der Waals surface area contributed by atoms with Crippen molar-refractivity contribution < 1.29 is 44.3 Å². The van der Waals surface area contributed by atoms with E-state index in [0.717, 1.165) is 4.90 Å². The molecule has 3 rings (SSSR count). The zero-order chi connectivity index (χ0) is 20.0. The van der Waals surface area contributed by atoms with E-state index in [1.165, 1.54) is 0 Å². The van der Waals surface area contributed by atoms with Crippen LogP contribution in [0.25, 0.3) is 11.1 Å². The van der Waals surface area contributed by atoms with E-state index in [0.29, 0.717) is 0 Å². The van der Waals surface area contributed by atoms with Crippen LogP contribution in [0.15, 0.2) is 0 Å². The van der Waals surface area contributed by atoms with Gasteiger partial charge in [-0.25, -0.2) is 39.5 Å². The largest absolute Gasteiger partial charge is 0.378 e. The van der Waals surface area contributed by atoms with Crippen molar-refractivity contribution in [3.05, 3.63) is 52.4 Å². The fraction of sp³-hybridized carbons (Fsp3) is 0.250. The minimum Gasteiger partial charge on any atom is -0.378 e.